The Hall–Kier alpha value is -3.35. The Labute approximate surface area is 170 Å². The number of amides is 2. The normalized spacial score (nSPS) is 12.3. The molecule has 0 aliphatic heterocycles. The number of ether oxygens (including phenoxy) is 1. The molecule has 1 aromatic heterocycles. The predicted molar refractivity (Wildman–Crippen MR) is 111 cm³/mol. The number of nitrogens with zero attached hydrogens (tertiary/aromatic N) is 2. The van der Waals surface area contributed by atoms with E-state index in [1.54, 1.807) is 14.0 Å². The number of rotatable bonds is 5. The molecule has 0 saturated carbocycles. The molecule has 0 saturated heterocycles. The summed E-state index contributed by atoms with van der Waals surface area (Å²) < 4.78 is 10.6. The molecular formula is C22H26N4O3. The van der Waals surface area contributed by atoms with Crippen LogP contribution >= 0.6 is 0 Å². The standard InChI is InChI=1S/C22H26N4O3/c1-14-23-20(26-29-14)19(17-8-6-7-9-18(17)28-5)25-21(27)24-16-12-10-15(11-13-16)22(2,3)4/h6-13,19H,1-5H3,(H2,24,25,27). The zero-order valence-corrected chi connectivity index (χ0v) is 17.3. The van der Waals surface area contributed by atoms with Crippen LogP contribution in [0.25, 0.3) is 0 Å². The summed E-state index contributed by atoms with van der Waals surface area (Å²) in [6.07, 6.45) is 0. The molecule has 1 atom stereocenters. The summed E-state index contributed by atoms with van der Waals surface area (Å²) >= 11 is 0. The van der Waals surface area contributed by atoms with Crippen molar-refractivity contribution in [2.45, 2.75) is 39.2 Å². The van der Waals surface area contributed by atoms with E-state index in [9.17, 15) is 4.79 Å². The molecule has 0 aliphatic carbocycles. The van der Waals surface area contributed by atoms with Crippen LogP contribution in [0.4, 0.5) is 10.5 Å². The molecule has 3 aromatic rings. The molecule has 2 N–H and O–H groups in total. The van der Waals surface area contributed by atoms with Gasteiger partial charge in [0.05, 0.1) is 7.11 Å². The number of anilines is 1. The lowest BCUT2D eigenvalue weighted by atomic mass is 9.87. The summed E-state index contributed by atoms with van der Waals surface area (Å²) in [5.41, 5.74) is 2.66. The minimum Gasteiger partial charge on any atom is -0.496 e. The van der Waals surface area contributed by atoms with Crippen molar-refractivity contribution in [1.82, 2.24) is 15.5 Å². The Morgan fingerprint density at radius 2 is 1.79 bits per heavy atom. The summed E-state index contributed by atoms with van der Waals surface area (Å²) in [6.45, 7) is 8.14. The van der Waals surface area contributed by atoms with Crippen LogP contribution in [0.3, 0.4) is 0 Å². The first-order valence-corrected chi connectivity index (χ1v) is 9.39. The molecule has 0 aliphatic rings. The van der Waals surface area contributed by atoms with Gasteiger partial charge in [-0.3, -0.25) is 0 Å². The maximum absolute atomic E-state index is 12.7. The van der Waals surface area contributed by atoms with Gasteiger partial charge in [-0.2, -0.15) is 4.98 Å². The lowest BCUT2D eigenvalue weighted by Gasteiger charge is -2.20. The maximum atomic E-state index is 12.7. The van der Waals surface area contributed by atoms with Crippen molar-refractivity contribution in [3.63, 3.8) is 0 Å². The molecule has 3 rings (SSSR count). The van der Waals surface area contributed by atoms with Crippen LogP contribution in [0.5, 0.6) is 5.75 Å². The predicted octanol–water partition coefficient (Wildman–Crippen LogP) is 4.60. The summed E-state index contributed by atoms with van der Waals surface area (Å²) in [5, 5.41) is 9.76. The number of nitrogens with one attached hydrogen (secondary N) is 2. The number of benzene rings is 2. The first-order valence-electron chi connectivity index (χ1n) is 9.39. The van der Waals surface area contributed by atoms with Gasteiger partial charge in [0, 0.05) is 18.2 Å². The van der Waals surface area contributed by atoms with Crippen LogP contribution < -0.4 is 15.4 Å². The molecule has 2 aromatic carbocycles. The monoisotopic (exact) mass is 394 g/mol. The summed E-state index contributed by atoms with van der Waals surface area (Å²) in [6, 6.07) is 14.2. The van der Waals surface area contributed by atoms with Gasteiger partial charge in [-0.05, 0) is 29.2 Å². The highest BCUT2D eigenvalue weighted by molar-refractivity contribution is 5.89. The molecular weight excluding hydrogens is 368 g/mol. The minimum atomic E-state index is -0.627. The van der Waals surface area contributed by atoms with Gasteiger partial charge in [-0.25, -0.2) is 4.79 Å². The van der Waals surface area contributed by atoms with Crippen molar-refractivity contribution >= 4 is 11.7 Å². The van der Waals surface area contributed by atoms with Crippen molar-refractivity contribution < 1.29 is 14.1 Å². The molecule has 0 fully saturated rings. The van der Waals surface area contributed by atoms with Crippen molar-refractivity contribution in [3.05, 3.63) is 71.4 Å². The number of hydrogen-bond donors (Lipinski definition) is 2. The number of urea groups is 1. The fraction of sp³-hybridized carbons (Fsp3) is 0.318. The molecule has 0 spiro atoms. The van der Waals surface area contributed by atoms with Gasteiger partial charge in [0.25, 0.3) is 0 Å². The van der Waals surface area contributed by atoms with Gasteiger partial charge in [0.2, 0.25) is 5.89 Å². The quantitative estimate of drug-likeness (QED) is 0.660. The molecule has 1 unspecified atom stereocenters. The third-order valence-corrected chi connectivity index (χ3v) is 4.54. The van der Waals surface area contributed by atoms with Crippen molar-refractivity contribution in [2.75, 3.05) is 12.4 Å². The van der Waals surface area contributed by atoms with E-state index in [0.29, 0.717) is 23.2 Å². The van der Waals surface area contributed by atoms with E-state index in [0.717, 1.165) is 5.56 Å². The molecule has 0 bridgehead atoms. The topological polar surface area (TPSA) is 89.3 Å². The second-order valence-electron chi connectivity index (χ2n) is 7.77. The van der Waals surface area contributed by atoms with E-state index in [2.05, 4.69) is 41.5 Å². The van der Waals surface area contributed by atoms with Gasteiger partial charge >= 0.3 is 6.03 Å². The highest BCUT2D eigenvalue weighted by atomic mass is 16.5. The SMILES string of the molecule is COc1ccccc1C(NC(=O)Nc1ccc(C(C)(C)C)cc1)c1noc(C)n1. The van der Waals surface area contributed by atoms with Gasteiger partial charge in [-0.15, -0.1) is 0 Å². The summed E-state index contributed by atoms with van der Waals surface area (Å²) in [4.78, 5) is 17.0. The van der Waals surface area contributed by atoms with Crippen LogP contribution in [-0.4, -0.2) is 23.3 Å². The largest absolute Gasteiger partial charge is 0.496 e. The number of aryl methyl sites for hydroxylation is 1. The Bertz CT molecular complexity index is 974. The second-order valence-corrected chi connectivity index (χ2v) is 7.77. The lowest BCUT2D eigenvalue weighted by Crippen LogP contribution is -2.34. The highest BCUT2D eigenvalue weighted by Gasteiger charge is 2.25. The number of methoxy groups -OCH3 is 1. The number of carbonyl (C=O) groups excluding carboxylic acids is 1. The number of aromatic nitrogens is 2. The van der Waals surface area contributed by atoms with E-state index >= 15 is 0 Å². The average molecular weight is 394 g/mol. The molecule has 152 valence electrons. The van der Waals surface area contributed by atoms with Crippen LogP contribution in [0.15, 0.2) is 53.1 Å². The molecule has 1 heterocycles. The first-order chi connectivity index (χ1) is 13.8. The number of carbonyl (C=O) groups is 1. The average Bonchev–Trinajstić information content (AvgIpc) is 3.12. The first kappa shape index (κ1) is 20.4. The third kappa shape index (κ3) is 4.93. The van der Waals surface area contributed by atoms with Gasteiger partial charge in [0.1, 0.15) is 11.8 Å². The Kier molecular flexibility index (Phi) is 5.87. The van der Waals surface area contributed by atoms with Gasteiger partial charge in [0.15, 0.2) is 5.82 Å². The molecule has 2 amide bonds. The van der Waals surface area contributed by atoms with Gasteiger partial charge < -0.3 is 19.9 Å². The van der Waals surface area contributed by atoms with E-state index in [-0.39, 0.29) is 11.4 Å². The Morgan fingerprint density at radius 1 is 1.10 bits per heavy atom. The minimum absolute atomic E-state index is 0.0478. The Morgan fingerprint density at radius 3 is 2.38 bits per heavy atom. The van der Waals surface area contributed by atoms with E-state index in [4.69, 9.17) is 9.26 Å². The van der Waals surface area contributed by atoms with E-state index < -0.39 is 6.04 Å². The molecule has 7 nitrogen and oxygen atoms in total. The lowest BCUT2D eigenvalue weighted by molar-refractivity contribution is 0.249. The van der Waals surface area contributed by atoms with Crippen LogP contribution in [-0.2, 0) is 5.41 Å². The molecule has 0 radical (unpaired) electrons. The second kappa shape index (κ2) is 8.34. The fourth-order valence-electron chi connectivity index (χ4n) is 2.97. The van der Waals surface area contributed by atoms with E-state index in [1.165, 1.54) is 5.56 Å². The van der Waals surface area contributed by atoms with Gasteiger partial charge in [-0.1, -0.05) is 56.3 Å². The fourth-order valence-corrected chi connectivity index (χ4v) is 2.97. The van der Waals surface area contributed by atoms with Crippen LogP contribution in [0, 0.1) is 6.92 Å². The molecule has 7 heteroatoms. The van der Waals surface area contributed by atoms with Crippen molar-refractivity contribution in [3.8, 4) is 5.75 Å². The van der Waals surface area contributed by atoms with Crippen LogP contribution in [0.2, 0.25) is 0 Å². The number of hydrogen-bond acceptors (Lipinski definition) is 5. The Balaban J connectivity index is 1.81. The summed E-state index contributed by atoms with van der Waals surface area (Å²) in [7, 11) is 1.58. The smallest absolute Gasteiger partial charge is 0.320 e. The third-order valence-electron chi connectivity index (χ3n) is 4.54. The highest BCUT2D eigenvalue weighted by Crippen LogP contribution is 2.29. The van der Waals surface area contributed by atoms with E-state index in [1.807, 2.05) is 48.5 Å². The van der Waals surface area contributed by atoms with Crippen molar-refractivity contribution in [2.24, 2.45) is 0 Å². The van der Waals surface area contributed by atoms with Crippen molar-refractivity contribution in [1.29, 1.82) is 0 Å². The maximum Gasteiger partial charge on any atom is 0.320 e. The zero-order chi connectivity index (χ0) is 21.0. The zero-order valence-electron chi connectivity index (χ0n) is 17.3. The van der Waals surface area contributed by atoms with Crippen LogP contribution in [0.1, 0.15) is 49.7 Å². The number of para-hydroxylation sites is 1. The molecule has 29 heavy (non-hydrogen) atoms. The summed E-state index contributed by atoms with van der Waals surface area (Å²) in [5.74, 6) is 1.39.